The molecule has 27 heavy (non-hydrogen) atoms. The van der Waals surface area contributed by atoms with Crippen LogP contribution in [0.1, 0.15) is 40.0 Å². The minimum absolute atomic E-state index is 0.00166. The number of benzene rings is 3. The summed E-state index contributed by atoms with van der Waals surface area (Å²) in [6.45, 7) is 2.90. The minimum Gasteiger partial charge on any atom is -0.326 e. The zero-order valence-electron chi connectivity index (χ0n) is 15.3. The summed E-state index contributed by atoms with van der Waals surface area (Å²) >= 11 is 2.47. The maximum Gasteiger partial charge on any atom is 0.255 e. The maximum absolute atomic E-state index is 13.5. The molecule has 0 radical (unpaired) electrons. The van der Waals surface area contributed by atoms with E-state index < -0.39 is 0 Å². The van der Waals surface area contributed by atoms with Crippen molar-refractivity contribution in [1.29, 1.82) is 0 Å². The predicted octanol–water partition coefficient (Wildman–Crippen LogP) is 5.78. The van der Waals surface area contributed by atoms with E-state index in [9.17, 15) is 4.79 Å². The fourth-order valence-electron chi connectivity index (χ4n) is 4.20. The average Bonchev–Trinajstić information content (AvgIpc) is 2.73. The Balaban J connectivity index is 1.90. The first kappa shape index (κ1) is 18.2. The molecule has 1 amide bonds. The van der Waals surface area contributed by atoms with E-state index in [-0.39, 0.29) is 17.4 Å². The molecule has 0 aliphatic carbocycles. The van der Waals surface area contributed by atoms with Gasteiger partial charge in [-0.25, -0.2) is 0 Å². The highest BCUT2D eigenvalue weighted by Gasteiger charge is 2.47. The van der Waals surface area contributed by atoms with E-state index in [1.54, 1.807) is 0 Å². The van der Waals surface area contributed by atoms with Crippen molar-refractivity contribution in [2.75, 3.05) is 4.43 Å². The van der Waals surface area contributed by atoms with Crippen LogP contribution < -0.4 is 0 Å². The Morgan fingerprint density at radius 3 is 2.15 bits per heavy atom. The van der Waals surface area contributed by atoms with Crippen LogP contribution in [0.2, 0.25) is 0 Å². The lowest BCUT2D eigenvalue weighted by atomic mass is 9.69. The highest BCUT2D eigenvalue weighted by atomic mass is 127. The molecule has 2 nitrogen and oxygen atoms in total. The first-order valence-electron chi connectivity index (χ1n) is 9.20. The van der Waals surface area contributed by atoms with Crippen molar-refractivity contribution in [3.63, 3.8) is 0 Å². The van der Waals surface area contributed by atoms with Gasteiger partial charge >= 0.3 is 0 Å². The lowest BCUT2D eigenvalue weighted by Crippen LogP contribution is -2.51. The van der Waals surface area contributed by atoms with E-state index in [0.717, 1.165) is 21.1 Å². The number of fused-ring (bicyclic) bond motifs is 1. The van der Waals surface area contributed by atoms with Gasteiger partial charge in [0.2, 0.25) is 0 Å². The fourth-order valence-corrected chi connectivity index (χ4v) is 5.03. The van der Waals surface area contributed by atoms with Crippen LogP contribution in [0.5, 0.6) is 0 Å². The van der Waals surface area contributed by atoms with Crippen molar-refractivity contribution in [2.45, 2.75) is 24.9 Å². The molecule has 0 N–H and O–H groups in total. The topological polar surface area (TPSA) is 20.3 Å². The second kappa shape index (κ2) is 7.47. The first-order chi connectivity index (χ1) is 13.1. The van der Waals surface area contributed by atoms with Crippen molar-refractivity contribution in [3.8, 4) is 0 Å². The molecule has 2 atom stereocenters. The number of halogens is 1. The van der Waals surface area contributed by atoms with Gasteiger partial charge in [0.05, 0.1) is 6.04 Å². The van der Waals surface area contributed by atoms with Gasteiger partial charge in [0.15, 0.2) is 0 Å². The number of rotatable bonds is 4. The molecule has 1 aliphatic rings. The molecule has 0 unspecified atom stereocenters. The van der Waals surface area contributed by atoms with Crippen LogP contribution in [0.15, 0.2) is 84.9 Å². The number of amides is 1. The maximum atomic E-state index is 13.5. The number of carbonyl (C=O) groups excluding carboxylic acids is 1. The van der Waals surface area contributed by atoms with Crippen LogP contribution in [0, 0.1) is 0 Å². The predicted molar refractivity (Wildman–Crippen MR) is 118 cm³/mol. The minimum atomic E-state index is -0.152. The molecule has 1 heterocycles. The van der Waals surface area contributed by atoms with Crippen LogP contribution in [-0.2, 0) is 12.0 Å². The van der Waals surface area contributed by atoms with Crippen molar-refractivity contribution < 1.29 is 4.79 Å². The Bertz CT molecular complexity index is 941. The molecule has 0 spiro atoms. The molecule has 0 saturated heterocycles. The Morgan fingerprint density at radius 1 is 0.889 bits per heavy atom. The molecule has 3 aromatic rings. The van der Waals surface area contributed by atoms with Crippen LogP contribution in [-0.4, -0.2) is 15.2 Å². The summed E-state index contributed by atoms with van der Waals surface area (Å²) in [6, 6.07) is 28.8. The molecule has 3 aromatic carbocycles. The van der Waals surface area contributed by atoms with Crippen LogP contribution >= 0.6 is 22.6 Å². The Labute approximate surface area is 174 Å². The van der Waals surface area contributed by atoms with E-state index in [4.69, 9.17) is 0 Å². The highest BCUT2D eigenvalue weighted by molar-refractivity contribution is 14.1. The van der Waals surface area contributed by atoms with E-state index in [1.807, 2.05) is 42.5 Å². The number of nitrogens with zero attached hydrogens (tertiary/aromatic N) is 1. The third-order valence-electron chi connectivity index (χ3n) is 5.54. The Morgan fingerprint density at radius 2 is 1.48 bits per heavy atom. The van der Waals surface area contributed by atoms with Gasteiger partial charge in [-0.05, 0) is 22.8 Å². The average molecular weight is 467 g/mol. The molecule has 1 aliphatic heterocycles. The van der Waals surface area contributed by atoms with Crippen molar-refractivity contribution >= 4 is 28.5 Å². The van der Waals surface area contributed by atoms with Crippen molar-refractivity contribution in [1.82, 2.24) is 4.90 Å². The molecular weight excluding hydrogens is 445 g/mol. The van der Waals surface area contributed by atoms with Crippen molar-refractivity contribution in [2.24, 2.45) is 0 Å². The first-order valence-corrected chi connectivity index (χ1v) is 10.7. The van der Waals surface area contributed by atoms with E-state index >= 15 is 0 Å². The second-order valence-electron chi connectivity index (χ2n) is 7.33. The van der Waals surface area contributed by atoms with Crippen LogP contribution in [0.4, 0.5) is 0 Å². The summed E-state index contributed by atoms with van der Waals surface area (Å²) in [5.41, 5.74) is 4.18. The third kappa shape index (κ3) is 3.18. The summed E-state index contributed by atoms with van der Waals surface area (Å²) in [7, 11) is 0. The molecular formula is C24H22INO. The van der Waals surface area contributed by atoms with Gasteiger partial charge in [-0.3, -0.25) is 4.79 Å². The number of carbonyl (C=O) groups is 1. The standard InChI is InChI=1S/C24H22INO/c1-24(17-25)21-15-9-8-14-20(21)23(27)26(16-18-10-4-2-5-11-18)22(24)19-12-6-3-7-13-19/h2-15,22H,16-17H2,1H3/t22-,24-/m1/s1. The van der Waals surface area contributed by atoms with Gasteiger partial charge in [-0.2, -0.15) is 0 Å². The molecule has 0 bridgehead atoms. The summed E-state index contributed by atoms with van der Waals surface area (Å²) in [6.07, 6.45) is 0. The zero-order chi connectivity index (χ0) is 18.9. The van der Waals surface area contributed by atoms with Gasteiger partial charge in [0.1, 0.15) is 0 Å². The molecule has 0 fully saturated rings. The summed E-state index contributed by atoms with van der Waals surface area (Å²) in [5.74, 6) is 0.116. The molecule has 0 aromatic heterocycles. The van der Waals surface area contributed by atoms with Crippen LogP contribution in [0.25, 0.3) is 0 Å². The quantitative estimate of drug-likeness (QED) is 0.352. The third-order valence-corrected chi connectivity index (χ3v) is 7.12. The van der Waals surface area contributed by atoms with Gasteiger partial charge in [-0.1, -0.05) is 108 Å². The van der Waals surface area contributed by atoms with Gasteiger partial charge < -0.3 is 4.90 Å². The number of hydrogen-bond donors (Lipinski definition) is 0. The largest absolute Gasteiger partial charge is 0.326 e. The second-order valence-corrected chi connectivity index (χ2v) is 8.09. The molecule has 136 valence electrons. The SMILES string of the molecule is C[C@@]1(CI)c2ccccc2C(=O)N(Cc2ccccc2)[C@@H]1c1ccccc1. The number of alkyl halides is 1. The summed E-state index contributed by atoms with van der Waals surface area (Å²) < 4.78 is 0.930. The normalized spacial score (nSPS) is 21.8. The smallest absolute Gasteiger partial charge is 0.255 e. The van der Waals surface area contributed by atoms with Gasteiger partial charge in [0, 0.05) is 22.0 Å². The van der Waals surface area contributed by atoms with E-state index in [0.29, 0.717) is 6.54 Å². The zero-order valence-corrected chi connectivity index (χ0v) is 17.5. The monoisotopic (exact) mass is 467 g/mol. The van der Waals surface area contributed by atoms with E-state index in [1.165, 1.54) is 5.56 Å². The van der Waals surface area contributed by atoms with E-state index in [2.05, 4.69) is 76.9 Å². The lowest BCUT2D eigenvalue weighted by Gasteiger charge is -2.48. The lowest BCUT2D eigenvalue weighted by molar-refractivity contribution is 0.0516. The molecule has 4 rings (SSSR count). The summed E-state index contributed by atoms with van der Waals surface area (Å²) in [5, 5.41) is 0. The van der Waals surface area contributed by atoms with Crippen LogP contribution in [0.3, 0.4) is 0 Å². The molecule has 3 heteroatoms. The van der Waals surface area contributed by atoms with Gasteiger partial charge in [0.25, 0.3) is 5.91 Å². The molecule has 0 saturated carbocycles. The fraction of sp³-hybridized carbons (Fsp3) is 0.208. The van der Waals surface area contributed by atoms with Crippen molar-refractivity contribution in [3.05, 3.63) is 107 Å². The van der Waals surface area contributed by atoms with Gasteiger partial charge in [-0.15, -0.1) is 0 Å². The number of hydrogen-bond acceptors (Lipinski definition) is 1. The Kier molecular flexibility index (Phi) is 5.04. The summed E-state index contributed by atoms with van der Waals surface area (Å²) in [4.78, 5) is 15.6. The highest BCUT2D eigenvalue weighted by Crippen LogP contribution is 2.48. The Hall–Kier alpha value is -2.14.